The van der Waals surface area contributed by atoms with E-state index in [1.807, 2.05) is 42.5 Å². The standard InChI is InChI=1S/C19H19NO5/c1-20(18(22)11-17(21)19(23)24)12-14-7-9-16(10-8-14)25-13-15-5-3-2-4-6-15/h2-11,21H,12-13H2,1H3,(H,23,24). The summed E-state index contributed by atoms with van der Waals surface area (Å²) < 4.78 is 5.69. The van der Waals surface area contributed by atoms with E-state index in [1.165, 1.54) is 11.9 Å². The van der Waals surface area contributed by atoms with E-state index in [0.717, 1.165) is 11.1 Å². The molecule has 0 aromatic heterocycles. The molecule has 0 unspecified atom stereocenters. The molecule has 0 atom stereocenters. The molecule has 0 aliphatic heterocycles. The molecule has 0 saturated heterocycles. The minimum absolute atomic E-state index is 0.279. The predicted octanol–water partition coefficient (Wildman–Crippen LogP) is 2.75. The molecule has 0 radical (unpaired) electrons. The van der Waals surface area contributed by atoms with Gasteiger partial charge in [0.25, 0.3) is 5.91 Å². The van der Waals surface area contributed by atoms with E-state index >= 15 is 0 Å². The Morgan fingerprint density at radius 1 is 1.00 bits per heavy atom. The fourth-order valence-electron chi connectivity index (χ4n) is 2.07. The van der Waals surface area contributed by atoms with Gasteiger partial charge >= 0.3 is 5.97 Å². The van der Waals surface area contributed by atoms with Gasteiger partial charge in [-0.1, -0.05) is 42.5 Å². The number of ether oxygens (including phenoxy) is 1. The van der Waals surface area contributed by atoms with E-state index in [-0.39, 0.29) is 6.54 Å². The van der Waals surface area contributed by atoms with Crippen LogP contribution in [0.5, 0.6) is 5.75 Å². The van der Waals surface area contributed by atoms with Gasteiger partial charge in [-0.15, -0.1) is 0 Å². The second-order valence-electron chi connectivity index (χ2n) is 5.45. The summed E-state index contributed by atoms with van der Waals surface area (Å²) in [5, 5.41) is 17.7. The van der Waals surface area contributed by atoms with Crippen LogP contribution in [0.1, 0.15) is 11.1 Å². The molecular weight excluding hydrogens is 322 g/mol. The van der Waals surface area contributed by atoms with Crippen LogP contribution in [-0.4, -0.2) is 34.0 Å². The lowest BCUT2D eigenvalue weighted by Crippen LogP contribution is -2.25. The predicted molar refractivity (Wildman–Crippen MR) is 92.0 cm³/mol. The van der Waals surface area contributed by atoms with Crippen molar-refractivity contribution in [3.05, 3.63) is 77.6 Å². The summed E-state index contributed by atoms with van der Waals surface area (Å²) in [5.41, 5.74) is 1.92. The number of likely N-dealkylation sites (N-methyl/N-ethyl adjacent to an activating group) is 1. The largest absolute Gasteiger partial charge is 0.502 e. The van der Waals surface area contributed by atoms with Gasteiger partial charge in [0.05, 0.1) is 6.08 Å². The third kappa shape index (κ3) is 5.69. The topological polar surface area (TPSA) is 87.1 Å². The van der Waals surface area contributed by atoms with Gasteiger partial charge in [0.1, 0.15) is 12.4 Å². The Bertz CT molecular complexity index is 753. The molecule has 25 heavy (non-hydrogen) atoms. The SMILES string of the molecule is CN(Cc1ccc(OCc2ccccc2)cc1)C(=O)C=C(O)C(=O)O. The molecule has 130 valence electrons. The number of hydrogen-bond acceptors (Lipinski definition) is 4. The van der Waals surface area contributed by atoms with Gasteiger partial charge in [0, 0.05) is 13.6 Å². The first-order chi connectivity index (χ1) is 12.0. The van der Waals surface area contributed by atoms with E-state index in [2.05, 4.69) is 0 Å². The molecule has 0 bridgehead atoms. The molecule has 0 spiro atoms. The third-order valence-corrected chi connectivity index (χ3v) is 3.45. The molecule has 6 nitrogen and oxygen atoms in total. The zero-order valence-electron chi connectivity index (χ0n) is 13.8. The summed E-state index contributed by atoms with van der Waals surface area (Å²) in [6.45, 7) is 0.749. The molecule has 0 heterocycles. The molecule has 0 aliphatic carbocycles. The van der Waals surface area contributed by atoms with E-state index in [1.54, 1.807) is 12.1 Å². The quantitative estimate of drug-likeness (QED) is 0.597. The normalized spacial score (nSPS) is 11.0. The van der Waals surface area contributed by atoms with Crippen LogP contribution in [0, 0.1) is 0 Å². The Morgan fingerprint density at radius 2 is 1.64 bits per heavy atom. The van der Waals surface area contributed by atoms with Crippen molar-refractivity contribution in [1.82, 2.24) is 4.90 Å². The Morgan fingerprint density at radius 3 is 2.24 bits per heavy atom. The summed E-state index contributed by atoms with van der Waals surface area (Å²) in [5.74, 6) is -2.41. The van der Waals surface area contributed by atoms with Gasteiger partial charge in [-0.05, 0) is 23.3 Å². The molecule has 2 aromatic rings. The number of aliphatic hydroxyl groups excluding tert-OH is 1. The minimum Gasteiger partial charge on any atom is -0.502 e. The Balaban J connectivity index is 1.90. The lowest BCUT2D eigenvalue weighted by atomic mass is 10.2. The van der Waals surface area contributed by atoms with Crippen molar-refractivity contribution >= 4 is 11.9 Å². The summed E-state index contributed by atoms with van der Waals surface area (Å²) >= 11 is 0. The van der Waals surface area contributed by atoms with Crippen molar-refractivity contribution < 1.29 is 24.5 Å². The molecule has 6 heteroatoms. The highest BCUT2D eigenvalue weighted by atomic mass is 16.5. The Hall–Kier alpha value is -3.28. The van der Waals surface area contributed by atoms with Crippen molar-refractivity contribution in [1.29, 1.82) is 0 Å². The van der Waals surface area contributed by atoms with Crippen LogP contribution < -0.4 is 4.74 Å². The second kappa shape index (κ2) is 8.54. The van der Waals surface area contributed by atoms with Crippen LogP contribution in [0.25, 0.3) is 0 Å². The maximum Gasteiger partial charge on any atom is 0.371 e. The molecular formula is C19H19NO5. The molecule has 2 N–H and O–H groups in total. The second-order valence-corrected chi connectivity index (χ2v) is 5.45. The van der Waals surface area contributed by atoms with Gasteiger partial charge in [-0.25, -0.2) is 4.79 Å². The van der Waals surface area contributed by atoms with E-state index in [9.17, 15) is 9.59 Å². The first kappa shape index (κ1) is 18.1. The van der Waals surface area contributed by atoms with Crippen LogP contribution in [0.2, 0.25) is 0 Å². The van der Waals surface area contributed by atoms with Gasteiger partial charge in [0.2, 0.25) is 5.76 Å². The molecule has 2 rings (SSSR count). The third-order valence-electron chi connectivity index (χ3n) is 3.45. The first-order valence-corrected chi connectivity index (χ1v) is 7.60. The fraction of sp³-hybridized carbons (Fsp3) is 0.158. The fourth-order valence-corrected chi connectivity index (χ4v) is 2.07. The van der Waals surface area contributed by atoms with E-state index in [0.29, 0.717) is 18.4 Å². The van der Waals surface area contributed by atoms with Crippen LogP contribution >= 0.6 is 0 Å². The van der Waals surface area contributed by atoms with Gasteiger partial charge in [-0.3, -0.25) is 4.79 Å². The highest BCUT2D eigenvalue weighted by Crippen LogP contribution is 2.15. The lowest BCUT2D eigenvalue weighted by molar-refractivity contribution is -0.136. The Kier molecular flexibility index (Phi) is 6.17. The average molecular weight is 341 g/mol. The number of aliphatic carboxylic acids is 1. The molecule has 0 saturated carbocycles. The molecule has 2 aromatic carbocycles. The maximum absolute atomic E-state index is 11.8. The number of rotatable bonds is 7. The number of carbonyl (C=O) groups excluding carboxylic acids is 1. The van der Waals surface area contributed by atoms with Gasteiger partial charge in [0.15, 0.2) is 0 Å². The van der Waals surface area contributed by atoms with Crippen molar-refractivity contribution in [2.24, 2.45) is 0 Å². The van der Waals surface area contributed by atoms with Crippen molar-refractivity contribution in [2.75, 3.05) is 7.05 Å². The number of carbonyl (C=O) groups is 2. The number of aliphatic hydroxyl groups is 1. The van der Waals surface area contributed by atoms with E-state index < -0.39 is 17.6 Å². The average Bonchev–Trinajstić information content (AvgIpc) is 2.61. The highest BCUT2D eigenvalue weighted by Gasteiger charge is 2.11. The highest BCUT2D eigenvalue weighted by molar-refractivity contribution is 5.95. The van der Waals surface area contributed by atoms with Crippen molar-refractivity contribution in [2.45, 2.75) is 13.2 Å². The number of carboxylic acid groups (broad SMARTS) is 1. The number of benzene rings is 2. The van der Waals surface area contributed by atoms with Crippen molar-refractivity contribution in [3.8, 4) is 5.75 Å². The number of carboxylic acids is 1. The van der Waals surface area contributed by atoms with Crippen LogP contribution in [0.3, 0.4) is 0 Å². The van der Waals surface area contributed by atoms with E-state index in [4.69, 9.17) is 14.9 Å². The summed E-state index contributed by atoms with van der Waals surface area (Å²) in [4.78, 5) is 23.6. The molecule has 0 fully saturated rings. The van der Waals surface area contributed by atoms with Crippen LogP contribution in [-0.2, 0) is 22.7 Å². The monoisotopic (exact) mass is 341 g/mol. The molecule has 1 amide bonds. The number of nitrogens with zero attached hydrogens (tertiary/aromatic N) is 1. The molecule has 0 aliphatic rings. The Labute approximate surface area is 145 Å². The minimum atomic E-state index is -1.54. The summed E-state index contributed by atoms with van der Waals surface area (Å²) in [6, 6.07) is 17.1. The van der Waals surface area contributed by atoms with Crippen LogP contribution in [0.4, 0.5) is 0 Å². The smallest absolute Gasteiger partial charge is 0.371 e. The zero-order chi connectivity index (χ0) is 18.2. The van der Waals surface area contributed by atoms with Crippen LogP contribution in [0.15, 0.2) is 66.4 Å². The summed E-state index contributed by atoms with van der Waals surface area (Å²) in [7, 11) is 1.52. The van der Waals surface area contributed by atoms with Gasteiger partial charge in [-0.2, -0.15) is 0 Å². The number of hydrogen-bond donors (Lipinski definition) is 2. The lowest BCUT2D eigenvalue weighted by Gasteiger charge is -2.15. The van der Waals surface area contributed by atoms with Crippen molar-refractivity contribution in [3.63, 3.8) is 0 Å². The maximum atomic E-state index is 11.8. The first-order valence-electron chi connectivity index (χ1n) is 7.60. The van der Waals surface area contributed by atoms with Gasteiger partial charge < -0.3 is 19.8 Å². The zero-order valence-corrected chi connectivity index (χ0v) is 13.8. The number of amides is 1. The summed E-state index contributed by atoms with van der Waals surface area (Å²) in [6.07, 6.45) is 0.680.